The number of Topliss-reactive ketones (excluding diaryl/α,β-unsaturated/α-hetero) is 1. The van der Waals surface area contributed by atoms with E-state index in [4.69, 9.17) is 16.6 Å². The Hall–Kier alpha value is -0.450. The largest absolute Gasteiger partial charge is 0.389 e. The van der Waals surface area contributed by atoms with Gasteiger partial charge in [-0.1, -0.05) is 6.42 Å². The van der Waals surface area contributed by atoms with Crippen molar-refractivity contribution in [2.24, 2.45) is 11.5 Å². The smallest absolute Gasteiger partial charge is 0.174 e. The van der Waals surface area contributed by atoms with Gasteiger partial charge in [0.15, 0.2) is 5.78 Å². The van der Waals surface area contributed by atoms with Gasteiger partial charge in [-0.3, -0.25) is 4.79 Å². The second kappa shape index (κ2) is 6.27. The van der Waals surface area contributed by atoms with Crippen molar-refractivity contribution in [2.45, 2.75) is 25.3 Å². The van der Waals surface area contributed by atoms with E-state index < -0.39 is 12.6 Å². The van der Waals surface area contributed by atoms with Crippen molar-refractivity contribution in [3.8, 4) is 0 Å². The molecule has 0 saturated carbocycles. The van der Waals surface area contributed by atoms with E-state index in [0.29, 0.717) is 13.0 Å². The fourth-order valence-corrected chi connectivity index (χ4v) is 0.787. The molecule has 11 heavy (non-hydrogen) atoms. The van der Waals surface area contributed by atoms with E-state index in [1.54, 1.807) is 0 Å². The minimum absolute atomic E-state index is 0.290. The molecule has 5 N–H and O–H groups in total. The second-order valence-corrected chi connectivity index (χ2v) is 2.52. The molecule has 0 fully saturated rings. The van der Waals surface area contributed by atoms with Gasteiger partial charge in [0, 0.05) is 0 Å². The van der Waals surface area contributed by atoms with Gasteiger partial charge in [-0.05, 0) is 19.4 Å². The van der Waals surface area contributed by atoms with Crippen LogP contribution in [0.5, 0.6) is 0 Å². The highest BCUT2D eigenvalue weighted by molar-refractivity contribution is 5.84. The summed E-state index contributed by atoms with van der Waals surface area (Å²) in [6.45, 7) is 0.170. The lowest BCUT2D eigenvalue weighted by Gasteiger charge is -2.06. The summed E-state index contributed by atoms with van der Waals surface area (Å²) in [4.78, 5) is 10.7. The van der Waals surface area contributed by atoms with Crippen molar-refractivity contribution in [1.82, 2.24) is 0 Å². The lowest BCUT2D eigenvalue weighted by molar-refractivity contribution is -0.123. The van der Waals surface area contributed by atoms with E-state index in [1.165, 1.54) is 0 Å². The van der Waals surface area contributed by atoms with Crippen LogP contribution in [-0.2, 0) is 4.79 Å². The van der Waals surface area contributed by atoms with Gasteiger partial charge in [-0.15, -0.1) is 0 Å². The van der Waals surface area contributed by atoms with Crippen molar-refractivity contribution >= 4 is 5.78 Å². The summed E-state index contributed by atoms with van der Waals surface area (Å²) < 4.78 is 0. The number of aliphatic hydroxyl groups is 1. The maximum Gasteiger partial charge on any atom is 0.174 e. The van der Waals surface area contributed by atoms with Crippen molar-refractivity contribution < 1.29 is 9.90 Å². The number of nitrogens with two attached hydrogens (primary N) is 2. The lowest BCUT2D eigenvalue weighted by Crippen LogP contribution is -2.32. The molecule has 0 aliphatic carbocycles. The highest BCUT2D eigenvalue weighted by atomic mass is 16.3. The second-order valence-electron chi connectivity index (χ2n) is 2.52. The van der Waals surface area contributed by atoms with Crippen LogP contribution in [-0.4, -0.2) is 30.1 Å². The average molecular weight is 160 g/mol. The molecule has 0 spiro atoms. The molecule has 0 radical (unpaired) electrons. The Balaban J connectivity index is 3.36. The quantitative estimate of drug-likeness (QED) is 0.435. The fraction of sp³-hybridized carbons (Fsp3) is 0.857. The maximum absolute atomic E-state index is 10.7. The van der Waals surface area contributed by atoms with Gasteiger partial charge >= 0.3 is 0 Å². The topological polar surface area (TPSA) is 89.3 Å². The molecule has 1 atom stereocenters. The van der Waals surface area contributed by atoms with Gasteiger partial charge in [0.1, 0.15) is 6.61 Å². The highest BCUT2D eigenvalue weighted by Gasteiger charge is 2.10. The summed E-state index contributed by atoms with van der Waals surface area (Å²) in [6.07, 6.45) is 2.35. The molecule has 0 aromatic carbocycles. The van der Waals surface area contributed by atoms with Crippen molar-refractivity contribution in [2.75, 3.05) is 13.2 Å². The van der Waals surface area contributed by atoms with Crippen LogP contribution in [0.15, 0.2) is 0 Å². The minimum Gasteiger partial charge on any atom is -0.389 e. The fourth-order valence-electron chi connectivity index (χ4n) is 0.787. The van der Waals surface area contributed by atoms with E-state index in [0.717, 1.165) is 12.8 Å². The van der Waals surface area contributed by atoms with Crippen LogP contribution >= 0.6 is 0 Å². The Morgan fingerprint density at radius 1 is 1.45 bits per heavy atom. The monoisotopic (exact) mass is 160 g/mol. The van der Waals surface area contributed by atoms with Crippen LogP contribution < -0.4 is 11.5 Å². The van der Waals surface area contributed by atoms with Crippen molar-refractivity contribution in [3.05, 3.63) is 0 Å². The van der Waals surface area contributed by atoms with E-state index in [2.05, 4.69) is 0 Å². The molecule has 0 heterocycles. The predicted octanol–water partition coefficient (Wildman–Crippen LogP) is -0.996. The molecule has 66 valence electrons. The average Bonchev–Trinajstić information content (AvgIpc) is 2.03. The zero-order chi connectivity index (χ0) is 8.69. The molecule has 0 bridgehead atoms. The first-order chi connectivity index (χ1) is 5.22. The summed E-state index contributed by atoms with van der Waals surface area (Å²) >= 11 is 0. The number of ketones is 1. The molecule has 0 rings (SSSR count). The Kier molecular flexibility index (Phi) is 6.02. The first kappa shape index (κ1) is 10.6. The third kappa shape index (κ3) is 4.89. The van der Waals surface area contributed by atoms with Crippen LogP contribution in [0.25, 0.3) is 0 Å². The number of unbranched alkanes of at least 4 members (excludes halogenated alkanes) is 1. The van der Waals surface area contributed by atoms with Gasteiger partial charge in [0.25, 0.3) is 0 Å². The van der Waals surface area contributed by atoms with Crippen molar-refractivity contribution in [3.63, 3.8) is 0 Å². The van der Waals surface area contributed by atoms with Crippen LogP contribution in [0.3, 0.4) is 0 Å². The molecule has 4 heteroatoms. The van der Waals surface area contributed by atoms with Crippen LogP contribution in [0.1, 0.15) is 19.3 Å². The summed E-state index contributed by atoms with van der Waals surface area (Å²) in [6, 6.07) is -0.508. The number of aliphatic hydroxyl groups excluding tert-OH is 1. The predicted molar refractivity (Wildman–Crippen MR) is 43.0 cm³/mol. The van der Waals surface area contributed by atoms with E-state index in [9.17, 15) is 4.79 Å². The van der Waals surface area contributed by atoms with E-state index >= 15 is 0 Å². The standard InChI is InChI=1S/C7H16N2O2/c8-4-2-1-3-6(9)7(11)5-10/h6,10H,1-5,8-9H2/t6-/m0/s1. The van der Waals surface area contributed by atoms with E-state index in [1.807, 2.05) is 0 Å². The summed E-state index contributed by atoms with van der Waals surface area (Å²) in [7, 11) is 0. The molecule has 0 aliphatic rings. The molecule has 4 nitrogen and oxygen atoms in total. The van der Waals surface area contributed by atoms with Crippen LogP contribution in [0.4, 0.5) is 0 Å². The van der Waals surface area contributed by atoms with Gasteiger partial charge < -0.3 is 16.6 Å². The summed E-state index contributed by atoms with van der Waals surface area (Å²) in [5.41, 5.74) is 10.7. The highest BCUT2D eigenvalue weighted by Crippen LogP contribution is 1.98. The van der Waals surface area contributed by atoms with Crippen molar-refractivity contribution in [1.29, 1.82) is 0 Å². The zero-order valence-electron chi connectivity index (χ0n) is 6.62. The van der Waals surface area contributed by atoms with Crippen LogP contribution in [0.2, 0.25) is 0 Å². The molecule has 0 aromatic heterocycles. The SMILES string of the molecule is NCCCC[C@H](N)C(=O)CO. The van der Waals surface area contributed by atoms with Crippen LogP contribution in [0, 0.1) is 0 Å². The lowest BCUT2D eigenvalue weighted by atomic mass is 10.1. The number of rotatable bonds is 6. The van der Waals surface area contributed by atoms with E-state index in [-0.39, 0.29) is 5.78 Å². The molecule has 0 amide bonds. The third-order valence-electron chi connectivity index (χ3n) is 1.54. The summed E-state index contributed by atoms with van der Waals surface area (Å²) in [5, 5.41) is 8.41. The number of carbonyl (C=O) groups excluding carboxylic acids is 1. The molecule has 0 aliphatic heterocycles. The molecule has 0 unspecified atom stereocenters. The number of hydrogen-bond donors (Lipinski definition) is 3. The first-order valence-electron chi connectivity index (χ1n) is 3.81. The minimum atomic E-state index is -0.508. The Labute approximate surface area is 66.6 Å². The first-order valence-corrected chi connectivity index (χ1v) is 3.81. The Bertz CT molecular complexity index is 117. The normalized spacial score (nSPS) is 13.0. The zero-order valence-corrected chi connectivity index (χ0v) is 6.62. The number of carbonyl (C=O) groups is 1. The molecular formula is C7H16N2O2. The maximum atomic E-state index is 10.7. The van der Waals surface area contributed by atoms with Gasteiger partial charge in [-0.25, -0.2) is 0 Å². The van der Waals surface area contributed by atoms with Gasteiger partial charge in [-0.2, -0.15) is 0 Å². The third-order valence-corrected chi connectivity index (χ3v) is 1.54. The Morgan fingerprint density at radius 2 is 2.09 bits per heavy atom. The van der Waals surface area contributed by atoms with Gasteiger partial charge in [0.05, 0.1) is 6.04 Å². The molecule has 0 saturated heterocycles. The molecular weight excluding hydrogens is 144 g/mol. The Morgan fingerprint density at radius 3 is 2.55 bits per heavy atom. The summed E-state index contributed by atoms with van der Waals surface area (Å²) in [5.74, 6) is -0.290. The molecule has 0 aromatic rings. The van der Waals surface area contributed by atoms with Gasteiger partial charge in [0.2, 0.25) is 0 Å². The number of hydrogen-bond acceptors (Lipinski definition) is 4.